The number of oxime groups is 1. The zero-order chi connectivity index (χ0) is 11.3. The maximum Gasteiger partial charge on any atom is 0.225 e. The van der Waals surface area contributed by atoms with Crippen molar-refractivity contribution >= 4 is 23.1 Å². The molecule has 0 aliphatic rings. The van der Waals surface area contributed by atoms with E-state index in [1.54, 1.807) is 18.3 Å². The normalized spacial score (nSPS) is 13.5. The second-order valence-corrected chi connectivity index (χ2v) is 3.90. The molecule has 1 rings (SSSR count). The molecule has 0 radical (unpaired) electrons. The molecule has 0 saturated heterocycles. The fourth-order valence-electron chi connectivity index (χ4n) is 1.03. The molecule has 0 aromatic carbocycles. The van der Waals surface area contributed by atoms with E-state index < -0.39 is 6.04 Å². The van der Waals surface area contributed by atoms with Crippen LogP contribution in [-0.2, 0) is 11.2 Å². The molecule has 1 unspecified atom stereocenters. The highest BCUT2D eigenvalue weighted by Gasteiger charge is 2.11. The predicted octanol–water partition coefficient (Wildman–Crippen LogP) is 0.542. The van der Waals surface area contributed by atoms with Gasteiger partial charge in [-0.3, -0.25) is 4.79 Å². The summed E-state index contributed by atoms with van der Waals surface area (Å²) in [5, 5.41) is 17.6. The number of carbonyl (C=O) groups excluding carboxylic acids is 1. The summed E-state index contributed by atoms with van der Waals surface area (Å²) in [7, 11) is 0. The maximum absolute atomic E-state index is 11.4. The zero-order valence-corrected chi connectivity index (χ0v) is 9.12. The van der Waals surface area contributed by atoms with Crippen LogP contribution in [0.5, 0.6) is 0 Å². The van der Waals surface area contributed by atoms with E-state index in [1.807, 2.05) is 16.8 Å². The monoisotopic (exact) mass is 227 g/mol. The molecule has 5 nitrogen and oxygen atoms in total. The molecule has 0 bridgehead atoms. The highest BCUT2D eigenvalue weighted by atomic mass is 32.1. The summed E-state index contributed by atoms with van der Waals surface area (Å²) < 4.78 is 0. The summed E-state index contributed by atoms with van der Waals surface area (Å²) in [6.45, 7) is 1.65. The van der Waals surface area contributed by atoms with E-state index in [-0.39, 0.29) is 11.7 Å². The summed E-state index contributed by atoms with van der Waals surface area (Å²) in [6.07, 6.45) is 0.312. The molecule has 1 aromatic heterocycles. The Labute approximate surface area is 91.6 Å². The van der Waals surface area contributed by atoms with Gasteiger partial charge in [0.15, 0.2) is 5.84 Å². The number of amidine groups is 1. The van der Waals surface area contributed by atoms with Gasteiger partial charge in [-0.25, -0.2) is 0 Å². The topological polar surface area (TPSA) is 87.7 Å². The first-order valence-corrected chi connectivity index (χ1v) is 5.35. The van der Waals surface area contributed by atoms with Gasteiger partial charge in [0, 0.05) is 0 Å². The number of nitrogens with zero attached hydrogens (tertiary/aromatic N) is 1. The Kier molecular flexibility index (Phi) is 4.11. The lowest BCUT2D eigenvalue weighted by atomic mass is 10.2. The molecule has 1 amide bonds. The van der Waals surface area contributed by atoms with Gasteiger partial charge < -0.3 is 16.3 Å². The fourth-order valence-corrected chi connectivity index (χ4v) is 1.70. The van der Waals surface area contributed by atoms with Crippen LogP contribution in [0.3, 0.4) is 0 Å². The molecule has 82 valence electrons. The zero-order valence-electron chi connectivity index (χ0n) is 8.30. The molecular weight excluding hydrogens is 214 g/mol. The van der Waals surface area contributed by atoms with Gasteiger partial charge in [-0.15, -0.1) is 0 Å². The van der Waals surface area contributed by atoms with Crippen LogP contribution in [0.2, 0.25) is 0 Å². The number of nitrogens with two attached hydrogens (primary N) is 1. The predicted molar refractivity (Wildman–Crippen MR) is 59.0 cm³/mol. The van der Waals surface area contributed by atoms with Crippen LogP contribution in [0.15, 0.2) is 22.0 Å². The van der Waals surface area contributed by atoms with Crippen molar-refractivity contribution in [3.8, 4) is 0 Å². The van der Waals surface area contributed by atoms with Crippen LogP contribution < -0.4 is 11.1 Å². The van der Waals surface area contributed by atoms with Crippen LogP contribution in [-0.4, -0.2) is 23.0 Å². The van der Waals surface area contributed by atoms with Crippen LogP contribution in [0, 0.1) is 0 Å². The second-order valence-electron chi connectivity index (χ2n) is 3.12. The standard InChI is InChI=1S/C9H13N3O2S/c1-6(9(10)12-14)11-8(13)4-7-2-3-15-5-7/h2-3,5-6,14H,4H2,1H3,(H2,10,12)(H,11,13). The van der Waals surface area contributed by atoms with Crippen molar-refractivity contribution in [3.63, 3.8) is 0 Å². The molecule has 0 fully saturated rings. The molecule has 0 saturated carbocycles. The average molecular weight is 227 g/mol. The highest BCUT2D eigenvalue weighted by molar-refractivity contribution is 7.07. The van der Waals surface area contributed by atoms with Crippen molar-refractivity contribution in [2.75, 3.05) is 0 Å². The lowest BCUT2D eigenvalue weighted by molar-refractivity contribution is -0.120. The Morgan fingerprint density at radius 2 is 2.53 bits per heavy atom. The molecule has 1 aromatic rings. The number of amides is 1. The molecule has 0 aliphatic carbocycles. The van der Waals surface area contributed by atoms with Gasteiger partial charge in [0.05, 0.1) is 12.5 Å². The van der Waals surface area contributed by atoms with Crippen LogP contribution in [0.25, 0.3) is 0 Å². The molecular formula is C9H13N3O2S. The van der Waals surface area contributed by atoms with Crippen LogP contribution in [0.4, 0.5) is 0 Å². The first-order chi connectivity index (χ1) is 7.13. The van der Waals surface area contributed by atoms with Crippen molar-refractivity contribution in [1.82, 2.24) is 5.32 Å². The van der Waals surface area contributed by atoms with Gasteiger partial charge in [0.1, 0.15) is 0 Å². The second kappa shape index (κ2) is 5.35. The Morgan fingerprint density at radius 1 is 1.80 bits per heavy atom. The van der Waals surface area contributed by atoms with E-state index in [9.17, 15) is 4.79 Å². The summed E-state index contributed by atoms with van der Waals surface area (Å²) in [6, 6.07) is 1.43. The number of thiophene rings is 1. The molecule has 6 heteroatoms. The van der Waals surface area contributed by atoms with Crippen molar-refractivity contribution in [1.29, 1.82) is 0 Å². The van der Waals surface area contributed by atoms with Gasteiger partial charge in [0.2, 0.25) is 5.91 Å². The third-order valence-electron chi connectivity index (χ3n) is 1.88. The summed E-state index contributed by atoms with van der Waals surface area (Å²) in [5.41, 5.74) is 6.29. The van der Waals surface area contributed by atoms with Gasteiger partial charge in [-0.2, -0.15) is 11.3 Å². The first kappa shape index (κ1) is 11.5. The molecule has 0 spiro atoms. The number of nitrogens with one attached hydrogen (secondary N) is 1. The van der Waals surface area contributed by atoms with Crippen molar-refractivity contribution in [2.45, 2.75) is 19.4 Å². The molecule has 1 atom stereocenters. The number of hydrogen-bond donors (Lipinski definition) is 3. The van der Waals surface area contributed by atoms with Crippen molar-refractivity contribution in [3.05, 3.63) is 22.4 Å². The summed E-state index contributed by atoms with van der Waals surface area (Å²) in [5.74, 6) is -0.152. The Morgan fingerprint density at radius 3 is 3.07 bits per heavy atom. The van der Waals surface area contributed by atoms with Gasteiger partial charge in [-0.05, 0) is 29.3 Å². The SMILES string of the molecule is CC(NC(=O)Cc1ccsc1)/C(N)=N/O. The summed E-state index contributed by atoms with van der Waals surface area (Å²) in [4.78, 5) is 11.4. The Bertz CT molecular complexity index is 348. The van der Waals surface area contributed by atoms with E-state index >= 15 is 0 Å². The molecule has 4 N–H and O–H groups in total. The molecule has 0 aliphatic heterocycles. The largest absolute Gasteiger partial charge is 0.409 e. The van der Waals surface area contributed by atoms with E-state index in [0.29, 0.717) is 6.42 Å². The van der Waals surface area contributed by atoms with E-state index in [0.717, 1.165) is 5.56 Å². The summed E-state index contributed by atoms with van der Waals surface area (Å²) >= 11 is 1.54. The number of carbonyl (C=O) groups is 1. The van der Waals surface area contributed by atoms with E-state index in [2.05, 4.69) is 10.5 Å². The minimum Gasteiger partial charge on any atom is -0.409 e. The number of hydrogen-bond acceptors (Lipinski definition) is 4. The van der Waals surface area contributed by atoms with E-state index in [1.165, 1.54) is 0 Å². The van der Waals surface area contributed by atoms with E-state index in [4.69, 9.17) is 10.9 Å². The number of rotatable bonds is 4. The quantitative estimate of drug-likeness (QED) is 0.303. The smallest absolute Gasteiger partial charge is 0.225 e. The lowest BCUT2D eigenvalue weighted by Gasteiger charge is -2.11. The highest BCUT2D eigenvalue weighted by Crippen LogP contribution is 2.06. The Hall–Kier alpha value is -1.56. The van der Waals surface area contributed by atoms with Gasteiger partial charge in [0.25, 0.3) is 0 Å². The average Bonchev–Trinajstić information content (AvgIpc) is 2.68. The molecule has 15 heavy (non-hydrogen) atoms. The van der Waals surface area contributed by atoms with Crippen molar-refractivity contribution < 1.29 is 10.0 Å². The minimum atomic E-state index is -0.457. The fraction of sp³-hybridized carbons (Fsp3) is 0.333. The third-order valence-corrected chi connectivity index (χ3v) is 2.61. The maximum atomic E-state index is 11.4. The minimum absolute atomic E-state index is 0.00586. The lowest BCUT2D eigenvalue weighted by Crippen LogP contribution is -2.42. The Balaban J connectivity index is 2.43. The van der Waals surface area contributed by atoms with Gasteiger partial charge in [-0.1, -0.05) is 5.16 Å². The van der Waals surface area contributed by atoms with Crippen LogP contribution >= 0.6 is 11.3 Å². The molecule has 1 heterocycles. The first-order valence-electron chi connectivity index (χ1n) is 4.41. The van der Waals surface area contributed by atoms with Crippen LogP contribution in [0.1, 0.15) is 12.5 Å². The third kappa shape index (κ3) is 3.59. The van der Waals surface area contributed by atoms with Crippen molar-refractivity contribution in [2.24, 2.45) is 10.9 Å². The van der Waals surface area contributed by atoms with Gasteiger partial charge >= 0.3 is 0 Å².